The highest BCUT2D eigenvalue weighted by Crippen LogP contribution is 2.18. The van der Waals surface area contributed by atoms with Crippen LogP contribution < -0.4 is 5.32 Å². The van der Waals surface area contributed by atoms with Gasteiger partial charge < -0.3 is 19.4 Å². The molecule has 0 bridgehead atoms. The minimum atomic E-state index is -0.428. The zero-order valence-corrected chi connectivity index (χ0v) is 13.5. The van der Waals surface area contributed by atoms with E-state index in [1.54, 1.807) is 37.3 Å². The number of nitrogens with one attached hydrogen (secondary N) is 1. The van der Waals surface area contributed by atoms with Crippen molar-refractivity contribution in [2.45, 2.75) is 13.5 Å². The first-order chi connectivity index (χ1) is 11.5. The molecule has 24 heavy (non-hydrogen) atoms. The molecule has 6 nitrogen and oxygen atoms in total. The topological polar surface area (TPSA) is 71.8 Å². The number of carbonyl (C=O) groups excluding carboxylic acids is 2. The van der Waals surface area contributed by atoms with Gasteiger partial charge in [-0.3, -0.25) is 0 Å². The van der Waals surface area contributed by atoms with Crippen LogP contribution in [-0.2, 0) is 11.3 Å². The first-order valence-corrected chi connectivity index (χ1v) is 7.26. The van der Waals surface area contributed by atoms with Gasteiger partial charge in [0.1, 0.15) is 5.76 Å². The largest absolute Gasteiger partial charge is 0.467 e. The number of rotatable bonds is 5. The molecule has 0 saturated heterocycles. The second-order valence-corrected chi connectivity index (χ2v) is 5.09. The normalized spacial score (nSPS) is 9.88. The lowest BCUT2D eigenvalue weighted by atomic mass is 10.1. The molecule has 1 aromatic heterocycles. The highest BCUT2D eigenvalue weighted by atomic mass is 16.5. The molecule has 0 fully saturated rings. The van der Waals surface area contributed by atoms with E-state index in [4.69, 9.17) is 10.8 Å². The van der Waals surface area contributed by atoms with Gasteiger partial charge in [-0.2, -0.15) is 0 Å². The fourth-order valence-electron chi connectivity index (χ4n) is 2.14. The van der Waals surface area contributed by atoms with Crippen LogP contribution in [0.4, 0.5) is 10.5 Å². The number of amides is 2. The van der Waals surface area contributed by atoms with Crippen LogP contribution in [0.5, 0.6) is 0 Å². The molecular formula is C18H18N2O4. The van der Waals surface area contributed by atoms with Crippen molar-refractivity contribution in [1.29, 1.82) is 0 Å². The van der Waals surface area contributed by atoms with Crippen molar-refractivity contribution < 1.29 is 18.7 Å². The summed E-state index contributed by atoms with van der Waals surface area (Å²) in [6.07, 6.45) is 6.87. The lowest BCUT2D eigenvalue weighted by molar-refractivity contribution is 0.0600. The van der Waals surface area contributed by atoms with Crippen LogP contribution in [0, 0.1) is 19.3 Å². The number of methoxy groups -OCH3 is 1. The maximum absolute atomic E-state index is 12.4. The van der Waals surface area contributed by atoms with Crippen molar-refractivity contribution in [2.75, 3.05) is 19.0 Å². The molecule has 0 aliphatic heterocycles. The second-order valence-electron chi connectivity index (χ2n) is 5.09. The van der Waals surface area contributed by atoms with Crippen molar-refractivity contribution in [3.63, 3.8) is 0 Å². The van der Waals surface area contributed by atoms with Gasteiger partial charge in [0.25, 0.3) is 0 Å². The number of terminal acetylenes is 1. The first kappa shape index (κ1) is 17.2. The van der Waals surface area contributed by atoms with Gasteiger partial charge in [0, 0.05) is 5.69 Å². The molecular weight excluding hydrogens is 308 g/mol. The average Bonchev–Trinajstić information content (AvgIpc) is 3.08. The Balaban J connectivity index is 2.11. The molecule has 2 amide bonds. The predicted molar refractivity (Wildman–Crippen MR) is 89.5 cm³/mol. The standard InChI is InChI=1S/C18H18N2O4/c1-4-9-20(12-15-6-5-10-24-15)18(22)19-16-8-7-14(11-13(16)2)17(21)23-3/h1,5-8,10-11H,9,12H2,2-3H3,(H,19,22). The maximum Gasteiger partial charge on any atom is 0.337 e. The van der Waals surface area contributed by atoms with E-state index in [1.807, 2.05) is 0 Å². The molecule has 0 atom stereocenters. The molecule has 0 aliphatic carbocycles. The molecule has 0 aliphatic rings. The fourth-order valence-corrected chi connectivity index (χ4v) is 2.14. The summed E-state index contributed by atoms with van der Waals surface area (Å²) in [5.41, 5.74) is 1.75. The molecule has 0 unspecified atom stereocenters. The summed E-state index contributed by atoms with van der Waals surface area (Å²) in [5.74, 6) is 2.66. The van der Waals surface area contributed by atoms with Gasteiger partial charge >= 0.3 is 12.0 Å². The monoisotopic (exact) mass is 326 g/mol. The summed E-state index contributed by atoms with van der Waals surface area (Å²) in [5, 5.41) is 2.79. The van der Waals surface area contributed by atoms with Crippen molar-refractivity contribution in [1.82, 2.24) is 4.90 Å². The number of furan rings is 1. The molecule has 1 aromatic carbocycles. The van der Waals surface area contributed by atoms with E-state index < -0.39 is 5.97 Å². The van der Waals surface area contributed by atoms with Crippen LogP contribution >= 0.6 is 0 Å². The van der Waals surface area contributed by atoms with Crippen molar-refractivity contribution in [2.24, 2.45) is 0 Å². The Morgan fingerprint density at radius 1 is 1.38 bits per heavy atom. The number of nitrogens with zero attached hydrogens (tertiary/aromatic N) is 1. The van der Waals surface area contributed by atoms with E-state index >= 15 is 0 Å². The summed E-state index contributed by atoms with van der Waals surface area (Å²) in [4.78, 5) is 25.4. The van der Waals surface area contributed by atoms with Crippen LogP contribution in [0.25, 0.3) is 0 Å². The van der Waals surface area contributed by atoms with E-state index in [-0.39, 0.29) is 19.1 Å². The zero-order chi connectivity index (χ0) is 17.5. The van der Waals surface area contributed by atoms with E-state index in [9.17, 15) is 9.59 Å². The molecule has 1 N–H and O–H groups in total. The van der Waals surface area contributed by atoms with Gasteiger partial charge in [-0.15, -0.1) is 6.42 Å². The van der Waals surface area contributed by atoms with Crippen LogP contribution in [0.15, 0.2) is 41.0 Å². The second kappa shape index (κ2) is 7.88. The minimum Gasteiger partial charge on any atom is -0.467 e. The number of esters is 1. The maximum atomic E-state index is 12.4. The minimum absolute atomic E-state index is 0.145. The van der Waals surface area contributed by atoms with Crippen LogP contribution in [-0.4, -0.2) is 30.6 Å². The van der Waals surface area contributed by atoms with E-state index in [0.29, 0.717) is 17.0 Å². The summed E-state index contributed by atoms with van der Waals surface area (Å²) >= 11 is 0. The molecule has 0 saturated carbocycles. The Morgan fingerprint density at radius 3 is 2.75 bits per heavy atom. The molecule has 6 heteroatoms. The van der Waals surface area contributed by atoms with Crippen molar-refractivity contribution in [3.05, 3.63) is 53.5 Å². The van der Waals surface area contributed by atoms with Crippen LogP contribution in [0.3, 0.4) is 0 Å². The van der Waals surface area contributed by atoms with Crippen LogP contribution in [0.1, 0.15) is 21.7 Å². The third kappa shape index (κ3) is 4.17. The number of hydrogen-bond acceptors (Lipinski definition) is 4. The van der Waals surface area contributed by atoms with Gasteiger partial charge in [-0.05, 0) is 42.8 Å². The number of aryl methyl sites for hydroxylation is 1. The summed E-state index contributed by atoms with van der Waals surface area (Å²) < 4.78 is 9.92. The Labute approximate surface area is 140 Å². The van der Waals surface area contributed by atoms with E-state index in [0.717, 1.165) is 5.56 Å². The van der Waals surface area contributed by atoms with Crippen molar-refractivity contribution in [3.8, 4) is 12.3 Å². The third-order valence-electron chi connectivity index (χ3n) is 3.39. The Kier molecular flexibility index (Phi) is 5.63. The predicted octanol–water partition coefficient (Wildman–Crippen LogP) is 3.04. The zero-order valence-electron chi connectivity index (χ0n) is 13.5. The summed E-state index contributed by atoms with van der Waals surface area (Å²) in [7, 11) is 1.32. The van der Waals surface area contributed by atoms with E-state index in [2.05, 4.69) is 16.0 Å². The number of urea groups is 1. The molecule has 2 rings (SSSR count). The quantitative estimate of drug-likeness (QED) is 0.677. The van der Waals surface area contributed by atoms with Gasteiger partial charge in [0.05, 0.1) is 32.0 Å². The smallest absolute Gasteiger partial charge is 0.337 e. The number of hydrogen-bond donors (Lipinski definition) is 1. The van der Waals surface area contributed by atoms with Crippen molar-refractivity contribution >= 4 is 17.7 Å². The van der Waals surface area contributed by atoms with Gasteiger partial charge in [-0.25, -0.2) is 9.59 Å². The third-order valence-corrected chi connectivity index (χ3v) is 3.39. The molecule has 124 valence electrons. The number of carbonyl (C=O) groups is 2. The highest BCUT2D eigenvalue weighted by molar-refractivity contribution is 5.93. The van der Waals surface area contributed by atoms with E-state index in [1.165, 1.54) is 18.3 Å². The molecule has 2 aromatic rings. The Hall–Kier alpha value is -3.20. The summed E-state index contributed by atoms with van der Waals surface area (Å²) in [6, 6.07) is 8.06. The van der Waals surface area contributed by atoms with Gasteiger partial charge in [0.2, 0.25) is 0 Å². The SMILES string of the molecule is C#CCN(Cc1ccco1)C(=O)Nc1ccc(C(=O)OC)cc1C. The first-order valence-electron chi connectivity index (χ1n) is 7.26. The highest BCUT2D eigenvalue weighted by Gasteiger charge is 2.16. The number of benzene rings is 1. The van der Waals surface area contributed by atoms with Crippen LogP contribution in [0.2, 0.25) is 0 Å². The molecule has 0 spiro atoms. The Bertz CT molecular complexity index is 760. The van der Waals surface area contributed by atoms with Gasteiger partial charge in [0.15, 0.2) is 0 Å². The lowest BCUT2D eigenvalue weighted by Crippen LogP contribution is -2.34. The molecule has 1 heterocycles. The Morgan fingerprint density at radius 2 is 2.17 bits per heavy atom. The fraction of sp³-hybridized carbons (Fsp3) is 0.222. The number of anilines is 1. The average molecular weight is 326 g/mol. The lowest BCUT2D eigenvalue weighted by Gasteiger charge is -2.20. The number of ether oxygens (including phenoxy) is 1. The van der Waals surface area contributed by atoms with Gasteiger partial charge in [-0.1, -0.05) is 5.92 Å². The molecule has 0 radical (unpaired) electrons. The summed E-state index contributed by atoms with van der Waals surface area (Å²) in [6.45, 7) is 2.20.